The zero-order valence-electron chi connectivity index (χ0n) is 13.2. The molecule has 6 heteroatoms. The molecule has 0 spiro atoms. The van der Waals surface area contributed by atoms with Crippen LogP contribution in [0.1, 0.15) is 19.8 Å². The molecule has 0 unspecified atom stereocenters. The van der Waals surface area contributed by atoms with Gasteiger partial charge in [-0.05, 0) is 6.42 Å². The maximum atomic E-state index is 5.74. The van der Waals surface area contributed by atoms with Gasteiger partial charge in [-0.3, -0.25) is 0 Å². The van der Waals surface area contributed by atoms with Crippen molar-refractivity contribution in [2.75, 3.05) is 72.7 Å². The summed E-state index contributed by atoms with van der Waals surface area (Å²) in [5.41, 5.74) is 0. The summed E-state index contributed by atoms with van der Waals surface area (Å²) in [5, 5.41) is 0. The van der Waals surface area contributed by atoms with Gasteiger partial charge in [0.05, 0.1) is 66.1 Å². The minimum atomic E-state index is -0.0492. The molecule has 0 aromatic carbocycles. The van der Waals surface area contributed by atoms with Crippen molar-refractivity contribution in [3.63, 3.8) is 0 Å². The maximum Gasteiger partial charge on any atom is 0.104 e. The van der Waals surface area contributed by atoms with E-state index in [9.17, 15) is 0 Å². The SMILES string of the molecule is CCCCOC[C@@H]1COCCOCCOCCOCCO1. The zero-order valence-corrected chi connectivity index (χ0v) is 13.2. The Labute approximate surface area is 128 Å². The molecule has 126 valence electrons. The Morgan fingerprint density at radius 3 is 2.00 bits per heavy atom. The second-order valence-electron chi connectivity index (χ2n) is 4.83. The van der Waals surface area contributed by atoms with E-state index in [2.05, 4.69) is 6.92 Å². The molecule has 0 aliphatic carbocycles. The van der Waals surface area contributed by atoms with Gasteiger partial charge >= 0.3 is 0 Å². The van der Waals surface area contributed by atoms with Crippen LogP contribution in [-0.4, -0.2) is 78.8 Å². The van der Waals surface area contributed by atoms with Gasteiger partial charge in [-0.1, -0.05) is 13.3 Å². The summed E-state index contributed by atoms with van der Waals surface area (Å²) in [5.74, 6) is 0. The molecule has 0 aromatic heterocycles. The fourth-order valence-electron chi connectivity index (χ4n) is 1.75. The van der Waals surface area contributed by atoms with Crippen LogP contribution in [0.15, 0.2) is 0 Å². The Bertz CT molecular complexity index is 198. The van der Waals surface area contributed by atoms with Crippen LogP contribution in [0.2, 0.25) is 0 Å². The third-order valence-corrected chi connectivity index (χ3v) is 2.95. The third kappa shape index (κ3) is 12.0. The lowest BCUT2D eigenvalue weighted by Gasteiger charge is -2.18. The highest BCUT2D eigenvalue weighted by molar-refractivity contribution is 4.56. The summed E-state index contributed by atoms with van der Waals surface area (Å²) in [4.78, 5) is 0. The Morgan fingerprint density at radius 2 is 1.38 bits per heavy atom. The van der Waals surface area contributed by atoms with Gasteiger partial charge in [-0.2, -0.15) is 0 Å². The highest BCUT2D eigenvalue weighted by Gasteiger charge is 2.10. The van der Waals surface area contributed by atoms with E-state index in [1.165, 1.54) is 0 Å². The van der Waals surface area contributed by atoms with Crippen LogP contribution in [0.5, 0.6) is 0 Å². The van der Waals surface area contributed by atoms with Gasteiger partial charge < -0.3 is 28.4 Å². The molecule has 0 aromatic rings. The zero-order chi connectivity index (χ0) is 15.0. The normalized spacial score (nSPS) is 24.1. The van der Waals surface area contributed by atoms with Crippen LogP contribution in [0.25, 0.3) is 0 Å². The van der Waals surface area contributed by atoms with Crippen LogP contribution in [-0.2, 0) is 28.4 Å². The van der Waals surface area contributed by atoms with Crippen LogP contribution >= 0.6 is 0 Å². The van der Waals surface area contributed by atoms with E-state index in [0.717, 1.165) is 19.4 Å². The highest BCUT2D eigenvalue weighted by Crippen LogP contribution is 1.98. The fraction of sp³-hybridized carbons (Fsp3) is 1.00. The van der Waals surface area contributed by atoms with Gasteiger partial charge in [0.25, 0.3) is 0 Å². The summed E-state index contributed by atoms with van der Waals surface area (Å²) in [6.45, 7) is 8.58. The lowest BCUT2D eigenvalue weighted by Crippen LogP contribution is -2.28. The van der Waals surface area contributed by atoms with E-state index in [0.29, 0.717) is 66.1 Å². The summed E-state index contributed by atoms with van der Waals surface area (Å²) >= 11 is 0. The fourth-order valence-corrected chi connectivity index (χ4v) is 1.75. The van der Waals surface area contributed by atoms with Crippen molar-refractivity contribution < 1.29 is 28.4 Å². The van der Waals surface area contributed by atoms with Crippen LogP contribution < -0.4 is 0 Å². The van der Waals surface area contributed by atoms with Crippen molar-refractivity contribution in [1.29, 1.82) is 0 Å². The summed E-state index contributed by atoms with van der Waals surface area (Å²) in [7, 11) is 0. The molecule has 1 heterocycles. The molecule has 0 radical (unpaired) electrons. The predicted octanol–water partition coefficient (Wildman–Crippen LogP) is 1.27. The topological polar surface area (TPSA) is 55.4 Å². The van der Waals surface area contributed by atoms with E-state index >= 15 is 0 Å². The van der Waals surface area contributed by atoms with Gasteiger partial charge in [-0.15, -0.1) is 0 Å². The lowest BCUT2D eigenvalue weighted by molar-refractivity contribution is -0.0777. The first-order valence-corrected chi connectivity index (χ1v) is 7.93. The number of rotatable bonds is 5. The van der Waals surface area contributed by atoms with Crippen molar-refractivity contribution in [3.05, 3.63) is 0 Å². The quantitative estimate of drug-likeness (QED) is 0.713. The molecule has 0 amide bonds. The van der Waals surface area contributed by atoms with Crippen molar-refractivity contribution in [3.8, 4) is 0 Å². The van der Waals surface area contributed by atoms with Gasteiger partial charge in [0, 0.05) is 6.61 Å². The average Bonchev–Trinajstić information content (AvgIpc) is 2.51. The molecule has 0 N–H and O–H groups in total. The second-order valence-corrected chi connectivity index (χ2v) is 4.83. The van der Waals surface area contributed by atoms with Crippen molar-refractivity contribution in [2.45, 2.75) is 25.9 Å². The predicted molar refractivity (Wildman–Crippen MR) is 78.7 cm³/mol. The Kier molecular flexibility index (Phi) is 13.2. The Hall–Kier alpha value is -0.240. The first kappa shape index (κ1) is 18.8. The molecular formula is C15H30O6. The van der Waals surface area contributed by atoms with E-state index in [4.69, 9.17) is 28.4 Å². The Morgan fingerprint density at radius 1 is 0.810 bits per heavy atom. The molecule has 1 aliphatic heterocycles. The smallest absolute Gasteiger partial charge is 0.104 e. The molecule has 1 atom stereocenters. The standard InChI is InChI=1S/C15H30O6/c1-2-3-4-19-13-15-14-20-10-9-17-6-5-16-7-8-18-11-12-21-15/h15H,2-14H2,1H3/t15-/m1/s1. The van der Waals surface area contributed by atoms with E-state index in [-0.39, 0.29) is 6.10 Å². The number of unbranched alkanes of at least 4 members (excludes halogenated alkanes) is 1. The molecule has 1 saturated heterocycles. The Balaban J connectivity index is 2.20. The first-order chi connectivity index (χ1) is 10.4. The van der Waals surface area contributed by atoms with Crippen molar-refractivity contribution >= 4 is 0 Å². The molecule has 1 rings (SSSR count). The minimum absolute atomic E-state index is 0.0492. The molecule has 1 aliphatic rings. The van der Waals surface area contributed by atoms with Gasteiger partial charge in [0.15, 0.2) is 0 Å². The summed E-state index contributed by atoms with van der Waals surface area (Å²) < 4.78 is 33.1. The maximum absolute atomic E-state index is 5.74. The summed E-state index contributed by atoms with van der Waals surface area (Å²) in [6, 6.07) is 0. The van der Waals surface area contributed by atoms with Gasteiger partial charge in [0.1, 0.15) is 6.10 Å². The number of hydrogen-bond donors (Lipinski definition) is 0. The molecular weight excluding hydrogens is 276 g/mol. The first-order valence-electron chi connectivity index (χ1n) is 7.93. The lowest BCUT2D eigenvalue weighted by atomic mass is 10.3. The highest BCUT2D eigenvalue weighted by atomic mass is 16.6. The molecule has 6 nitrogen and oxygen atoms in total. The molecule has 1 fully saturated rings. The van der Waals surface area contributed by atoms with E-state index < -0.39 is 0 Å². The largest absolute Gasteiger partial charge is 0.379 e. The molecule has 0 bridgehead atoms. The van der Waals surface area contributed by atoms with Crippen LogP contribution in [0.3, 0.4) is 0 Å². The molecule has 21 heavy (non-hydrogen) atoms. The minimum Gasteiger partial charge on any atom is -0.379 e. The van der Waals surface area contributed by atoms with E-state index in [1.54, 1.807) is 0 Å². The van der Waals surface area contributed by atoms with Crippen molar-refractivity contribution in [1.82, 2.24) is 0 Å². The van der Waals surface area contributed by atoms with Crippen LogP contribution in [0.4, 0.5) is 0 Å². The van der Waals surface area contributed by atoms with Gasteiger partial charge in [0.2, 0.25) is 0 Å². The number of hydrogen-bond acceptors (Lipinski definition) is 6. The third-order valence-electron chi connectivity index (χ3n) is 2.95. The molecule has 0 saturated carbocycles. The number of ether oxygens (including phenoxy) is 6. The summed E-state index contributed by atoms with van der Waals surface area (Å²) in [6.07, 6.45) is 2.16. The van der Waals surface area contributed by atoms with Gasteiger partial charge in [-0.25, -0.2) is 0 Å². The van der Waals surface area contributed by atoms with Crippen LogP contribution in [0, 0.1) is 0 Å². The monoisotopic (exact) mass is 306 g/mol. The average molecular weight is 306 g/mol. The second kappa shape index (κ2) is 14.7. The van der Waals surface area contributed by atoms with Crippen molar-refractivity contribution in [2.24, 2.45) is 0 Å². The van der Waals surface area contributed by atoms with E-state index in [1.807, 2.05) is 0 Å².